The Balaban J connectivity index is 2.07. The van der Waals surface area contributed by atoms with Crippen LogP contribution in [0.5, 0.6) is 0 Å². The van der Waals surface area contributed by atoms with Crippen molar-refractivity contribution in [2.45, 2.75) is 13.8 Å². The number of hydrogen-bond donors (Lipinski definition) is 2. The highest BCUT2D eigenvalue weighted by atomic mass is 31.1. The molecule has 0 fully saturated rings. The maximum Gasteiger partial charge on any atom is 0.153 e. The lowest BCUT2D eigenvalue weighted by atomic mass is 10.0. The van der Waals surface area contributed by atoms with Crippen molar-refractivity contribution in [3.63, 3.8) is 0 Å². The number of benzene rings is 1. The van der Waals surface area contributed by atoms with Crippen LogP contribution in [0, 0.1) is 0 Å². The Kier molecular flexibility index (Phi) is 4.21. The normalized spacial score (nSPS) is 11.4. The molecule has 4 nitrogen and oxygen atoms in total. The average molecular weight is 310 g/mol. The summed E-state index contributed by atoms with van der Waals surface area (Å²) in [6, 6.07) is 10.2. The quantitative estimate of drug-likeness (QED) is 0.572. The SMILES string of the molecule is CC(C)=CCPc1ncc(-c2ccccc2)c2c(N)n[nH]c12. The smallest absolute Gasteiger partial charge is 0.153 e. The molecule has 0 aliphatic rings. The number of pyridine rings is 1. The molecule has 0 amide bonds. The van der Waals surface area contributed by atoms with Crippen LogP contribution in [0.3, 0.4) is 0 Å². The number of aromatic nitrogens is 3. The summed E-state index contributed by atoms with van der Waals surface area (Å²) in [6.45, 7) is 4.22. The van der Waals surface area contributed by atoms with Gasteiger partial charge in [-0.3, -0.25) is 10.1 Å². The molecule has 2 heterocycles. The van der Waals surface area contributed by atoms with E-state index in [-0.39, 0.29) is 0 Å². The Morgan fingerprint density at radius 1 is 1.27 bits per heavy atom. The van der Waals surface area contributed by atoms with E-state index in [9.17, 15) is 0 Å². The van der Waals surface area contributed by atoms with Gasteiger partial charge in [-0.2, -0.15) is 5.10 Å². The Bertz CT molecular complexity index is 817. The minimum atomic E-state index is 0.532. The zero-order chi connectivity index (χ0) is 15.5. The molecular weight excluding hydrogens is 291 g/mol. The van der Waals surface area contributed by atoms with Gasteiger partial charge >= 0.3 is 0 Å². The lowest BCUT2D eigenvalue weighted by Crippen LogP contribution is -2.04. The number of anilines is 1. The van der Waals surface area contributed by atoms with E-state index in [0.29, 0.717) is 14.4 Å². The van der Waals surface area contributed by atoms with Crippen molar-refractivity contribution in [1.82, 2.24) is 15.2 Å². The number of allylic oxidation sites excluding steroid dienone is 2. The lowest BCUT2D eigenvalue weighted by molar-refractivity contribution is 1.13. The molecule has 0 saturated heterocycles. The molecule has 1 atom stereocenters. The average Bonchev–Trinajstić information content (AvgIpc) is 2.91. The number of nitrogens with one attached hydrogen (secondary N) is 1. The van der Waals surface area contributed by atoms with Crippen LogP contribution >= 0.6 is 8.58 Å². The van der Waals surface area contributed by atoms with Gasteiger partial charge in [0.05, 0.1) is 16.3 Å². The van der Waals surface area contributed by atoms with Crippen LogP contribution in [0.1, 0.15) is 13.8 Å². The first kappa shape index (κ1) is 14.7. The van der Waals surface area contributed by atoms with Crippen molar-refractivity contribution < 1.29 is 0 Å². The number of H-pyrrole nitrogens is 1. The van der Waals surface area contributed by atoms with E-state index in [1.807, 2.05) is 24.4 Å². The summed E-state index contributed by atoms with van der Waals surface area (Å²) < 4.78 is 0. The van der Waals surface area contributed by atoms with Gasteiger partial charge in [0.1, 0.15) is 0 Å². The van der Waals surface area contributed by atoms with Gasteiger partial charge in [0.2, 0.25) is 0 Å². The van der Waals surface area contributed by atoms with Crippen LogP contribution in [0.4, 0.5) is 5.82 Å². The number of nitrogen functional groups attached to an aromatic ring is 1. The minimum absolute atomic E-state index is 0.532. The van der Waals surface area contributed by atoms with Crippen molar-refractivity contribution >= 4 is 30.7 Å². The van der Waals surface area contributed by atoms with Gasteiger partial charge in [0.15, 0.2) is 5.82 Å². The summed E-state index contributed by atoms with van der Waals surface area (Å²) in [5, 5.41) is 8.21. The predicted molar refractivity (Wildman–Crippen MR) is 96.0 cm³/mol. The van der Waals surface area contributed by atoms with Gasteiger partial charge in [-0.25, -0.2) is 0 Å². The predicted octanol–water partition coefficient (Wildman–Crippen LogP) is 3.48. The highest BCUT2D eigenvalue weighted by Gasteiger charge is 2.14. The van der Waals surface area contributed by atoms with Crippen LogP contribution in [-0.2, 0) is 0 Å². The van der Waals surface area contributed by atoms with E-state index in [1.165, 1.54) is 5.57 Å². The summed E-state index contributed by atoms with van der Waals surface area (Å²) in [4.78, 5) is 4.65. The van der Waals surface area contributed by atoms with Gasteiger partial charge < -0.3 is 5.73 Å². The minimum Gasteiger partial charge on any atom is -0.382 e. The fourth-order valence-electron chi connectivity index (χ4n) is 2.38. The number of fused-ring (bicyclic) bond motifs is 1. The molecule has 0 bridgehead atoms. The van der Waals surface area contributed by atoms with Crippen molar-refractivity contribution in [2.75, 3.05) is 11.9 Å². The van der Waals surface area contributed by atoms with E-state index < -0.39 is 0 Å². The number of nitrogens with zero attached hydrogens (tertiary/aromatic N) is 2. The van der Waals surface area contributed by atoms with E-state index in [1.54, 1.807) is 0 Å². The zero-order valence-electron chi connectivity index (χ0n) is 12.7. The third-order valence-electron chi connectivity index (χ3n) is 3.49. The molecule has 3 N–H and O–H groups in total. The van der Waals surface area contributed by atoms with Crippen molar-refractivity contribution in [3.05, 3.63) is 48.2 Å². The number of aromatic amines is 1. The summed E-state index contributed by atoms with van der Waals surface area (Å²) in [5.41, 5.74) is 11.5. The van der Waals surface area contributed by atoms with Crippen LogP contribution < -0.4 is 11.2 Å². The lowest BCUT2D eigenvalue weighted by Gasteiger charge is -2.07. The van der Waals surface area contributed by atoms with Crippen LogP contribution in [0.15, 0.2) is 48.2 Å². The summed E-state index contributed by atoms with van der Waals surface area (Å²) >= 11 is 0. The van der Waals surface area contributed by atoms with Crippen molar-refractivity contribution in [3.8, 4) is 11.1 Å². The molecule has 3 aromatic rings. The first-order valence-corrected chi connectivity index (χ1v) is 8.42. The maximum atomic E-state index is 6.08. The number of rotatable bonds is 4. The van der Waals surface area contributed by atoms with Crippen LogP contribution in [0.2, 0.25) is 0 Å². The van der Waals surface area contributed by atoms with E-state index in [2.05, 4.69) is 47.2 Å². The van der Waals surface area contributed by atoms with Gasteiger partial charge in [-0.05, 0) is 25.6 Å². The highest BCUT2D eigenvalue weighted by molar-refractivity contribution is 7.47. The second-order valence-electron chi connectivity index (χ2n) is 5.41. The molecular formula is C17H19N4P. The number of hydrogen-bond acceptors (Lipinski definition) is 3. The van der Waals surface area contributed by atoms with Gasteiger partial charge in [0, 0.05) is 11.8 Å². The van der Waals surface area contributed by atoms with Gasteiger partial charge in [-0.15, -0.1) is 0 Å². The molecule has 0 radical (unpaired) electrons. The third kappa shape index (κ3) is 2.88. The summed E-state index contributed by atoms with van der Waals surface area (Å²) in [7, 11) is 0.604. The topological polar surface area (TPSA) is 67.6 Å². The highest BCUT2D eigenvalue weighted by Crippen LogP contribution is 2.31. The molecule has 0 aliphatic carbocycles. The first-order valence-electron chi connectivity index (χ1n) is 7.22. The monoisotopic (exact) mass is 310 g/mol. The molecule has 5 heteroatoms. The van der Waals surface area contributed by atoms with Gasteiger partial charge in [0.25, 0.3) is 0 Å². The van der Waals surface area contributed by atoms with Gasteiger partial charge in [-0.1, -0.05) is 50.6 Å². The Morgan fingerprint density at radius 2 is 2.05 bits per heavy atom. The van der Waals surface area contributed by atoms with Crippen LogP contribution in [0.25, 0.3) is 22.0 Å². The third-order valence-corrected chi connectivity index (χ3v) is 4.61. The molecule has 2 aromatic heterocycles. The van der Waals surface area contributed by atoms with E-state index >= 15 is 0 Å². The molecule has 1 aromatic carbocycles. The second-order valence-corrected chi connectivity index (χ2v) is 6.64. The first-order chi connectivity index (χ1) is 10.7. The summed E-state index contributed by atoms with van der Waals surface area (Å²) in [5.74, 6) is 0.532. The number of nitrogens with two attached hydrogens (primary N) is 1. The molecule has 112 valence electrons. The van der Waals surface area contributed by atoms with Crippen molar-refractivity contribution in [2.24, 2.45) is 0 Å². The fraction of sp³-hybridized carbons (Fsp3) is 0.176. The zero-order valence-corrected chi connectivity index (χ0v) is 13.7. The molecule has 3 rings (SSSR count). The molecule has 0 spiro atoms. The van der Waals surface area contributed by atoms with Crippen molar-refractivity contribution in [1.29, 1.82) is 0 Å². The standard InChI is InChI=1S/C17H19N4P/c1-11(2)8-9-22-17-15-14(16(18)21-20-15)13(10-19-17)12-6-4-3-5-7-12/h3-8,10,22H,9H2,1-2H3,(H3,18,20,21). The Morgan fingerprint density at radius 3 is 2.77 bits per heavy atom. The molecule has 0 aliphatic heterocycles. The largest absolute Gasteiger partial charge is 0.382 e. The fourth-order valence-corrected chi connectivity index (χ4v) is 3.60. The second kappa shape index (κ2) is 6.29. The Hall–Kier alpha value is -2.19. The molecule has 1 unspecified atom stereocenters. The molecule has 0 saturated carbocycles. The van der Waals surface area contributed by atoms with E-state index in [4.69, 9.17) is 5.73 Å². The van der Waals surface area contributed by atoms with E-state index in [0.717, 1.165) is 33.6 Å². The Labute approximate surface area is 131 Å². The van der Waals surface area contributed by atoms with Crippen LogP contribution in [-0.4, -0.2) is 21.3 Å². The maximum absolute atomic E-state index is 6.08. The molecule has 22 heavy (non-hydrogen) atoms. The summed E-state index contributed by atoms with van der Waals surface area (Å²) in [6.07, 6.45) is 5.14.